The molecule has 0 unspecified atom stereocenters. The number of alkyl halides is 3. The molecule has 0 spiro atoms. The van der Waals surface area contributed by atoms with Crippen molar-refractivity contribution in [1.29, 1.82) is 0 Å². The Hall–Kier alpha value is -0.970. The fourth-order valence-corrected chi connectivity index (χ4v) is 4.50. The monoisotopic (exact) mass is 413 g/mol. The van der Waals surface area contributed by atoms with Crippen LogP contribution in [0.25, 0.3) is 0 Å². The summed E-state index contributed by atoms with van der Waals surface area (Å²) in [4.78, 5) is 11.9. The number of benzene rings is 1. The lowest BCUT2D eigenvalue weighted by Crippen LogP contribution is -2.18. The number of halogens is 4. The van der Waals surface area contributed by atoms with Crippen molar-refractivity contribution in [2.24, 2.45) is 0 Å². The number of rotatable bonds is 6. The van der Waals surface area contributed by atoms with Gasteiger partial charge < -0.3 is 5.32 Å². The van der Waals surface area contributed by atoms with Crippen LogP contribution < -0.4 is 5.32 Å². The van der Waals surface area contributed by atoms with Gasteiger partial charge >= 0.3 is 6.18 Å². The topological polar surface area (TPSA) is 54.9 Å². The first-order valence-electron chi connectivity index (χ1n) is 6.55. The highest BCUT2D eigenvalue weighted by atomic mass is 35.5. The summed E-state index contributed by atoms with van der Waals surface area (Å²) in [6.07, 6.45) is -4.60. The second kappa shape index (κ2) is 8.41. The number of anilines is 1. The molecule has 0 aliphatic carbocycles. The molecule has 1 aromatic heterocycles. The van der Waals surface area contributed by atoms with Crippen molar-refractivity contribution in [2.45, 2.75) is 21.8 Å². The van der Waals surface area contributed by atoms with Crippen molar-refractivity contribution >= 4 is 58.1 Å². The van der Waals surface area contributed by atoms with Crippen LogP contribution in [0.4, 0.5) is 18.9 Å². The summed E-state index contributed by atoms with van der Waals surface area (Å²) in [5.74, 6) is 0.231. The number of aromatic nitrogens is 2. The van der Waals surface area contributed by atoms with Crippen LogP contribution in [0.2, 0.25) is 5.02 Å². The van der Waals surface area contributed by atoms with Gasteiger partial charge in [0.1, 0.15) is 0 Å². The zero-order valence-electron chi connectivity index (χ0n) is 12.2. The van der Waals surface area contributed by atoms with Gasteiger partial charge in [-0.05, 0) is 24.0 Å². The Kier molecular flexibility index (Phi) is 6.79. The van der Waals surface area contributed by atoms with Gasteiger partial charge in [0, 0.05) is 5.02 Å². The second-order valence-electron chi connectivity index (χ2n) is 4.29. The Morgan fingerprint density at radius 2 is 1.96 bits per heavy atom. The van der Waals surface area contributed by atoms with Crippen LogP contribution >= 0.6 is 46.5 Å². The van der Waals surface area contributed by atoms with Gasteiger partial charge in [-0.3, -0.25) is 4.79 Å². The van der Waals surface area contributed by atoms with Gasteiger partial charge in [0.2, 0.25) is 5.91 Å². The number of nitrogens with zero attached hydrogens (tertiary/aromatic N) is 2. The van der Waals surface area contributed by atoms with Gasteiger partial charge in [0.15, 0.2) is 8.68 Å². The summed E-state index contributed by atoms with van der Waals surface area (Å²) in [6, 6.07) is 3.20. The predicted octanol–water partition coefficient (Wildman–Crippen LogP) is 5.05. The highest BCUT2D eigenvalue weighted by Crippen LogP contribution is 2.36. The molecule has 2 rings (SSSR count). The molecule has 0 fully saturated rings. The minimum Gasteiger partial charge on any atom is -0.325 e. The first-order chi connectivity index (χ1) is 11.3. The van der Waals surface area contributed by atoms with Gasteiger partial charge in [-0.25, -0.2) is 0 Å². The molecule has 1 N–H and O–H groups in total. The summed E-state index contributed by atoms with van der Waals surface area (Å²) in [6.45, 7) is 1.98. The van der Waals surface area contributed by atoms with Gasteiger partial charge in [0.05, 0.1) is 17.0 Å². The molecule has 24 heavy (non-hydrogen) atoms. The standard InChI is InChI=1S/C13H11ClF3N3OS3/c1-2-22-11-19-20-12(24-11)23-6-10(21)18-9-4-3-7(14)5-8(9)13(15,16)17/h3-5H,2,6H2,1H3,(H,18,21). The summed E-state index contributed by atoms with van der Waals surface area (Å²) in [5.41, 5.74) is -1.30. The number of hydrogen-bond donors (Lipinski definition) is 1. The maximum absolute atomic E-state index is 13.0. The molecule has 2 aromatic rings. The van der Waals surface area contributed by atoms with Crippen molar-refractivity contribution in [2.75, 3.05) is 16.8 Å². The van der Waals surface area contributed by atoms with Gasteiger partial charge in [-0.2, -0.15) is 13.2 Å². The molecule has 11 heteroatoms. The summed E-state index contributed by atoms with van der Waals surface area (Å²) in [7, 11) is 0. The number of hydrogen-bond acceptors (Lipinski definition) is 6. The normalized spacial score (nSPS) is 11.5. The molecule has 1 heterocycles. The Morgan fingerprint density at radius 3 is 2.58 bits per heavy atom. The lowest BCUT2D eigenvalue weighted by Gasteiger charge is -2.13. The smallest absolute Gasteiger partial charge is 0.325 e. The van der Waals surface area contributed by atoms with E-state index in [-0.39, 0.29) is 16.5 Å². The minimum absolute atomic E-state index is 0.0514. The molecule has 130 valence electrons. The van der Waals surface area contributed by atoms with Gasteiger partial charge in [0.25, 0.3) is 0 Å². The van der Waals surface area contributed by atoms with Crippen molar-refractivity contribution in [3.8, 4) is 0 Å². The predicted molar refractivity (Wildman–Crippen MR) is 92.1 cm³/mol. The molecule has 1 aromatic carbocycles. The largest absolute Gasteiger partial charge is 0.418 e. The first-order valence-corrected chi connectivity index (χ1v) is 9.72. The number of carbonyl (C=O) groups is 1. The van der Waals surface area contributed by atoms with Gasteiger partial charge in [-0.1, -0.05) is 53.4 Å². The SMILES string of the molecule is CCSc1nnc(SCC(=O)Nc2ccc(Cl)cc2C(F)(F)F)s1. The van der Waals surface area contributed by atoms with E-state index in [1.807, 2.05) is 6.92 Å². The third-order valence-corrected chi connectivity index (χ3v) is 5.85. The maximum Gasteiger partial charge on any atom is 0.418 e. The third kappa shape index (κ3) is 5.54. The Balaban J connectivity index is 1.99. The van der Waals surface area contributed by atoms with E-state index in [2.05, 4.69) is 15.5 Å². The second-order valence-corrected chi connectivity index (χ2v) is 8.44. The van der Waals surface area contributed by atoms with Crippen LogP contribution in [0.3, 0.4) is 0 Å². The molecule has 0 aliphatic rings. The lowest BCUT2D eigenvalue weighted by molar-refractivity contribution is -0.137. The van der Waals surface area contributed by atoms with Gasteiger partial charge in [-0.15, -0.1) is 10.2 Å². The average molecular weight is 414 g/mol. The molecular formula is C13H11ClF3N3OS3. The molecule has 4 nitrogen and oxygen atoms in total. The number of thioether (sulfide) groups is 2. The number of amides is 1. The third-order valence-electron chi connectivity index (χ3n) is 2.54. The fraction of sp³-hybridized carbons (Fsp3) is 0.308. The molecule has 0 bridgehead atoms. The van der Waals surface area contributed by atoms with E-state index in [0.29, 0.717) is 4.34 Å². The van der Waals surface area contributed by atoms with Crippen LogP contribution in [0.5, 0.6) is 0 Å². The van der Waals surface area contributed by atoms with Crippen molar-refractivity contribution < 1.29 is 18.0 Å². The Labute approximate surface area is 153 Å². The number of nitrogens with one attached hydrogen (secondary N) is 1. The first kappa shape index (κ1) is 19.4. The van der Waals surface area contributed by atoms with Crippen molar-refractivity contribution in [1.82, 2.24) is 10.2 Å². The molecule has 0 atom stereocenters. The maximum atomic E-state index is 13.0. The highest BCUT2D eigenvalue weighted by Gasteiger charge is 2.34. The zero-order chi connectivity index (χ0) is 17.7. The van der Waals surface area contributed by atoms with E-state index < -0.39 is 17.6 Å². The number of carbonyl (C=O) groups excluding carboxylic acids is 1. The molecule has 0 saturated carbocycles. The quantitative estimate of drug-likeness (QED) is 0.671. The van der Waals surface area contributed by atoms with E-state index in [0.717, 1.165) is 34.0 Å². The summed E-state index contributed by atoms with van der Waals surface area (Å²) in [5, 5.41) is 10.1. The Bertz CT molecular complexity index is 724. The average Bonchev–Trinajstić information content (AvgIpc) is 2.94. The summed E-state index contributed by atoms with van der Waals surface area (Å²) >= 11 is 9.59. The highest BCUT2D eigenvalue weighted by molar-refractivity contribution is 8.03. The molecule has 0 aliphatic heterocycles. The summed E-state index contributed by atoms with van der Waals surface area (Å²) < 4.78 is 40.3. The van der Waals surface area contributed by atoms with E-state index in [9.17, 15) is 18.0 Å². The Morgan fingerprint density at radius 1 is 1.29 bits per heavy atom. The van der Waals surface area contributed by atoms with Crippen molar-refractivity contribution in [3.05, 3.63) is 28.8 Å². The zero-order valence-corrected chi connectivity index (χ0v) is 15.4. The van der Waals surface area contributed by atoms with Crippen LogP contribution in [-0.4, -0.2) is 27.6 Å². The lowest BCUT2D eigenvalue weighted by atomic mass is 10.1. The van der Waals surface area contributed by atoms with E-state index in [1.165, 1.54) is 29.2 Å². The van der Waals surface area contributed by atoms with E-state index >= 15 is 0 Å². The molecule has 0 radical (unpaired) electrons. The van der Waals surface area contributed by atoms with Crippen LogP contribution in [0.1, 0.15) is 12.5 Å². The van der Waals surface area contributed by atoms with Crippen LogP contribution in [-0.2, 0) is 11.0 Å². The van der Waals surface area contributed by atoms with Crippen LogP contribution in [0.15, 0.2) is 26.9 Å². The van der Waals surface area contributed by atoms with Crippen molar-refractivity contribution in [3.63, 3.8) is 0 Å². The molecule has 0 saturated heterocycles. The molecular weight excluding hydrogens is 403 g/mol. The van der Waals surface area contributed by atoms with E-state index in [1.54, 1.807) is 0 Å². The van der Waals surface area contributed by atoms with Crippen LogP contribution in [0, 0.1) is 0 Å². The fourth-order valence-electron chi connectivity index (χ4n) is 1.61. The minimum atomic E-state index is -4.60. The van der Waals surface area contributed by atoms with E-state index in [4.69, 9.17) is 11.6 Å². The molecule has 1 amide bonds.